The molecule has 182 valence electrons. The monoisotopic (exact) mass is 461 g/mol. The molecular weight excluding hydrogens is 423 g/mol. The van der Waals surface area contributed by atoms with Crippen molar-refractivity contribution in [2.24, 2.45) is 11.8 Å². The minimum atomic E-state index is -4.45. The van der Waals surface area contributed by atoms with Crippen LogP contribution >= 0.6 is 0 Å². The lowest BCUT2D eigenvalue weighted by Crippen LogP contribution is -2.37. The largest absolute Gasteiger partial charge is 0.490 e. The van der Waals surface area contributed by atoms with Crippen LogP contribution in [0.5, 0.6) is 5.75 Å². The van der Waals surface area contributed by atoms with Gasteiger partial charge in [0.25, 0.3) is 0 Å². The van der Waals surface area contributed by atoms with Gasteiger partial charge in [-0.2, -0.15) is 13.2 Å². The third kappa shape index (κ3) is 5.50. The molecule has 1 saturated heterocycles. The van der Waals surface area contributed by atoms with Gasteiger partial charge >= 0.3 is 6.18 Å². The highest BCUT2D eigenvalue weighted by Crippen LogP contribution is 2.43. The van der Waals surface area contributed by atoms with Crippen molar-refractivity contribution in [1.82, 2.24) is 4.90 Å². The molecule has 0 aromatic heterocycles. The first kappa shape index (κ1) is 24.4. The Morgan fingerprint density at radius 3 is 2.45 bits per heavy atom. The Bertz CT molecular complexity index is 933. The third-order valence-corrected chi connectivity index (χ3v) is 7.89. The van der Waals surface area contributed by atoms with Gasteiger partial charge < -0.3 is 4.74 Å². The Labute approximate surface area is 196 Å². The lowest BCUT2D eigenvalue weighted by Gasteiger charge is -2.38. The Balaban J connectivity index is 1.65. The minimum absolute atomic E-state index is 0.0174. The number of fused-ring (bicyclic) bond motifs is 1. The molecule has 2 aromatic rings. The smallest absolute Gasteiger partial charge is 0.420 e. The molecule has 0 N–H and O–H groups in total. The second-order valence-corrected chi connectivity index (χ2v) is 10.3. The summed E-state index contributed by atoms with van der Waals surface area (Å²) in [6.07, 6.45) is 3.69. The van der Waals surface area contributed by atoms with Gasteiger partial charge in [0.1, 0.15) is 11.3 Å². The second kappa shape index (κ2) is 10.2. The van der Waals surface area contributed by atoms with E-state index in [1.54, 1.807) is 12.1 Å². The average molecular weight is 462 g/mol. The zero-order chi connectivity index (χ0) is 23.6. The van der Waals surface area contributed by atoms with Crippen LogP contribution in [0.3, 0.4) is 0 Å². The maximum Gasteiger partial charge on any atom is 0.420 e. The minimum Gasteiger partial charge on any atom is -0.490 e. The molecule has 0 spiro atoms. The molecule has 1 aliphatic heterocycles. The summed E-state index contributed by atoms with van der Waals surface area (Å²) >= 11 is 0. The summed E-state index contributed by atoms with van der Waals surface area (Å²) in [5, 5.41) is 0.889. The molecule has 2 fully saturated rings. The number of ether oxygens (including phenoxy) is 1. The number of alkyl halides is 3. The molecule has 2 aromatic carbocycles. The molecule has 0 bridgehead atoms. The third-order valence-electron chi connectivity index (χ3n) is 7.89. The number of rotatable bonds is 6. The number of halogens is 3. The summed E-state index contributed by atoms with van der Waals surface area (Å²) in [6.45, 7) is 8.76. The Morgan fingerprint density at radius 2 is 1.79 bits per heavy atom. The molecule has 1 heterocycles. The van der Waals surface area contributed by atoms with E-state index in [0.717, 1.165) is 50.8 Å². The van der Waals surface area contributed by atoms with Crippen molar-refractivity contribution < 1.29 is 17.9 Å². The van der Waals surface area contributed by atoms with Gasteiger partial charge in [-0.15, -0.1) is 0 Å². The van der Waals surface area contributed by atoms with E-state index in [4.69, 9.17) is 4.74 Å². The van der Waals surface area contributed by atoms with Gasteiger partial charge in [0.05, 0.1) is 6.10 Å². The van der Waals surface area contributed by atoms with Gasteiger partial charge in [-0.1, -0.05) is 45.4 Å². The average Bonchev–Trinajstić information content (AvgIpc) is 2.80. The zero-order valence-electron chi connectivity index (χ0n) is 20.3. The molecule has 1 aliphatic carbocycles. The Kier molecular flexibility index (Phi) is 7.57. The fourth-order valence-corrected chi connectivity index (χ4v) is 5.87. The number of piperidine rings is 1. The highest BCUT2D eigenvalue weighted by Gasteiger charge is 2.37. The van der Waals surface area contributed by atoms with Crippen LogP contribution in [0, 0.1) is 11.8 Å². The van der Waals surface area contributed by atoms with Crippen molar-refractivity contribution >= 4 is 10.8 Å². The van der Waals surface area contributed by atoms with E-state index < -0.39 is 11.7 Å². The van der Waals surface area contributed by atoms with Crippen molar-refractivity contribution in [1.29, 1.82) is 0 Å². The number of benzene rings is 2. The molecule has 4 rings (SSSR count). The van der Waals surface area contributed by atoms with Crippen molar-refractivity contribution in [3.05, 3.63) is 41.5 Å². The number of hydrogen-bond donors (Lipinski definition) is 0. The van der Waals surface area contributed by atoms with Gasteiger partial charge in [0.15, 0.2) is 0 Å². The van der Waals surface area contributed by atoms with Crippen LogP contribution in [0.2, 0.25) is 0 Å². The SMILES string of the molecule is CCC1CCCN(C(CC)c2ccc3c(C(F)(F)F)c(OC4CCC(C)CC4)ccc3c2)C1. The fourth-order valence-electron chi connectivity index (χ4n) is 5.87. The zero-order valence-corrected chi connectivity index (χ0v) is 20.3. The maximum absolute atomic E-state index is 14.2. The van der Waals surface area contributed by atoms with E-state index >= 15 is 0 Å². The second-order valence-electron chi connectivity index (χ2n) is 10.3. The lowest BCUT2D eigenvalue weighted by atomic mass is 9.89. The first-order chi connectivity index (χ1) is 15.8. The van der Waals surface area contributed by atoms with Gasteiger partial charge in [0, 0.05) is 12.6 Å². The van der Waals surface area contributed by atoms with Crippen LogP contribution in [0.15, 0.2) is 30.3 Å². The summed E-state index contributed by atoms with van der Waals surface area (Å²) < 4.78 is 48.6. The van der Waals surface area contributed by atoms with E-state index in [9.17, 15) is 13.2 Å². The topological polar surface area (TPSA) is 12.5 Å². The first-order valence-corrected chi connectivity index (χ1v) is 12.8. The number of hydrogen-bond acceptors (Lipinski definition) is 2. The number of likely N-dealkylation sites (tertiary alicyclic amines) is 1. The standard InChI is InChI=1S/C28H38F3NO/c1-4-20-7-6-16-32(18-20)25(5-2)22-10-14-24-21(17-22)11-15-26(27(24)28(29,30)31)33-23-12-8-19(3)9-13-23/h10-11,14-15,17,19-20,23,25H,4-9,12-13,16,18H2,1-3H3. The summed E-state index contributed by atoms with van der Waals surface area (Å²) in [5.74, 6) is 1.32. The highest BCUT2D eigenvalue weighted by atomic mass is 19.4. The normalized spacial score (nSPS) is 25.8. The van der Waals surface area contributed by atoms with Gasteiger partial charge in [-0.25, -0.2) is 0 Å². The molecular formula is C28H38F3NO. The molecule has 2 nitrogen and oxygen atoms in total. The summed E-state index contributed by atoms with van der Waals surface area (Å²) in [7, 11) is 0. The summed E-state index contributed by atoms with van der Waals surface area (Å²) in [6, 6.07) is 9.16. The number of nitrogens with zero attached hydrogens (tertiary/aromatic N) is 1. The quantitative estimate of drug-likeness (QED) is 0.428. The van der Waals surface area contributed by atoms with Crippen LogP contribution in [-0.4, -0.2) is 24.1 Å². The summed E-state index contributed by atoms with van der Waals surface area (Å²) in [5.41, 5.74) is 0.493. The maximum atomic E-state index is 14.2. The van der Waals surface area contributed by atoms with Gasteiger partial charge in [0.2, 0.25) is 0 Å². The van der Waals surface area contributed by atoms with Gasteiger partial charge in [-0.05, 0) is 91.8 Å². The molecule has 5 heteroatoms. The van der Waals surface area contributed by atoms with Crippen molar-refractivity contribution in [2.75, 3.05) is 13.1 Å². The molecule has 2 aliphatic rings. The van der Waals surface area contributed by atoms with E-state index in [2.05, 4.69) is 25.7 Å². The van der Waals surface area contributed by atoms with Crippen molar-refractivity contribution in [2.45, 2.75) is 90.5 Å². The molecule has 0 amide bonds. The molecule has 2 atom stereocenters. The van der Waals surface area contributed by atoms with Crippen molar-refractivity contribution in [3.8, 4) is 5.75 Å². The molecule has 33 heavy (non-hydrogen) atoms. The predicted molar refractivity (Wildman–Crippen MR) is 129 cm³/mol. The molecule has 2 unspecified atom stereocenters. The van der Waals surface area contributed by atoms with Crippen molar-refractivity contribution in [3.63, 3.8) is 0 Å². The van der Waals surface area contributed by atoms with E-state index in [1.807, 2.05) is 18.2 Å². The van der Waals surface area contributed by atoms with Gasteiger partial charge in [-0.3, -0.25) is 4.90 Å². The van der Waals surface area contributed by atoms with E-state index in [1.165, 1.54) is 19.3 Å². The predicted octanol–water partition coefficient (Wildman–Crippen LogP) is 8.39. The Morgan fingerprint density at radius 1 is 1.03 bits per heavy atom. The van der Waals surface area contributed by atoms with Crippen LogP contribution in [0.4, 0.5) is 13.2 Å². The lowest BCUT2D eigenvalue weighted by molar-refractivity contribution is -0.138. The fraction of sp³-hybridized carbons (Fsp3) is 0.643. The van der Waals surface area contributed by atoms with Crippen LogP contribution in [-0.2, 0) is 6.18 Å². The van der Waals surface area contributed by atoms with Crippen LogP contribution in [0.25, 0.3) is 10.8 Å². The Hall–Kier alpha value is -1.75. The highest BCUT2D eigenvalue weighted by molar-refractivity contribution is 5.89. The van der Waals surface area contributed by atoms with Crippen LogP contribution in [0.1, 0.15) is 89.3 Å². The first-order valence-electron chi connectivity index (χ1n) is 12.8. The molecule has 0 radical (unpaired) electrons. The van der Waals surface area contributed by atoms with Crippen LogP contribution < -0.4 is 4.74 Å². The van der Waals surface area contributed by atoms with E-state index in [0.29, 0.717) is 17.2 Å². The summed E-state index contributed by atoms with van der Waals surface area (Å²) in [4.78, 5) is 2.53. The van der Waals surface area contributed by atoms with E-state index in [-0.39, 0.29) is 23.3 Å². The molecule has 1 saturated carbocycles.